The van der Waals surface area contributed by atoms with Crippen molar-refractivity contribution < 1.29 is 4.92 Å². The summed E-state index contributed by atoms with van der Waals surface area (Å²) in [7, 11) is 0. The third-order valence-electron chi connectivity index (χ3n) is 3.15. The summed E-state index contributed by atoms with van der Waals surface area (Å²) in [5.74, 6) is 0.450. The molecule has 100 valence electrons. The first kappa shape index (κ1) is 14.6. The molecule has 18 heavy (non-hydrogen) atoms. The molecular weight excluding hydrogens is 228 g/mol. The second-order valence-electron chi connectivity index (χ2n) is 5.00. The maximum absolute atomic E-state index is 11.1. The number of nitrogens with one attached hydrogen (secondary N) is 1. The highest BCUT2D eigenvalue weighted by molar-refractivity contribution is 5.43. The molecule has 4 nitrogen and oxygen atoms in total. The molecular formula is C14H22N2O2. The van der Waals surface area contributed by atoms with E-state index in [1.54, 1.807) is 6.07 Å². The molecule has 0 heterocycles. The van der Waals surface area contributed by atoms with Crippen LogP contribution in [-0.2, 0) is 6.42 Å². The van der Waals surface area contributed by atoms with Crippen LogP contribution in [0.25, 0.3) is 0 Å². The maximum atomic E-state index is 11.1. The number of hydrogen-bond acceptors (Lipinski definition) is 3. The molecule has 1 N–H and O–H groups in total. The van der Waals surface area contributed by atoms with Crippen LogP contribution in [0.2, 0.25) is 0 Å². The van der Waals surface area contributed by atoms with Crippen molar-refractivity contribution in [2.45, 2.75) is 40.2 Å². The molecule has 1 rings (SSSR count). The van der Waals surface area contributed by atoms with Gasteiger partial charge in [0.05, 0.1) is 4.92 Å². The Bertz CT molecular complexity index is 416. The molecule has 1 atom stereocenters. The van der Waals surface area contributed by atoms with Crippen molar-refractivity contribution in [1.82, 2.24) is 5.32 Å². The molecule has 0 saturated carbocycles. The van der Waals surface area contributed by atoms with Crippen molar-refractivity contribution in [3.63, 3.8) is 0 Å². The van der Waals surface area contributed by atoms with Crippen molar-refractivity contribution in [2.24, 2.45) is 5.92 Å². The number of likely N-dealkylation sites (N-methyl/N-ethyl adjacent to an activating group) is 1. The summed E-state index contributed by atoms with van der Waals surface area (Å²) in [6, 6.07) is 5.74. The molecule has 0 aromatic heterocycles. The maximum Gasteiger partial charge on any atom is 0.272 e. The van der Waals surface area contributed by atoms with Gasteiger partial charge in [0.15, 0.2) is 0 Å². The van der Waals surface area contributed by atoms with Crippen LogP contribution in [0.5, 0.6) is 0 Å². The molecule has 0 bridgehead atoms. The monoisotopic (exact) mass is 250 g/mol. The lowest BCUT2D eigenvalue weighted by molar-refractivity contribution is -0.385. The molecule has 0 aliphatic carbocycles. The largest absolute Gasteiger partial charge is 0.314 e. The number of nitrogens with zero attached hydrogens (tertiary/aromatic N) is 1. The zero-order valence-electron chi connectivity index (χ0n) is 11.6. The van der Waals surface area contributed by atoms with Crippen molar-refractivity contribution in [2.75, 3.05) is 6.54 Å². The third-order valence-corrected chi connectivity index (χ3v) is 3.15. The van der Waals surface area contributed by atoms with Gasteiger partial charge in [0.2, 0.25) is 0 Å². The standard InChI is InChI=1S/C14H22N2O2/c1-5-15-13(10(2)3)9-12-7-6-11(4)8-14(12)16(17)18/h6-8,10,13,15H,5,9H2,1-4H3. The highest BCUT2D eigenvalue weighted by Crippen LogP contribution is 2.23. The van der Waals surface area contributed by atoms with Gasteiger partial charge >= 0.3 is 0 Å². The Labute approximate surface area is 109 Å². The number of nitro groups is 1. The van der Waals surface area contributed by atoms with Gasteiger partial charge in [0, 0.05) is 17.7 Å². The molecule has 1 unspecified atom stereocenters. The molecule has 1 aromatic carbocycles. The predicted molar refractivity (Wildman–Crippen MR) is 73.8 cm³/mol. The third kappa shape index (κ3) is 3.81. The van der Waals surface area contributed by atoms with E-state index < -0.39 is 0 Å². The summed E-state index contributed by atoms with van der Waals surface area (Å²) >= 11 is 0. The second-order valence-corrected chi connectivity index (χ2v) is 5.00. The Morgan fingerprint density at radius 3 is 2.56 bits per heavy atom. The van der Waals surface area contributed by atoms with E-state index in [0.717, 1.165) is 17.7 Å². The van der Waals surface area contributed by atoms with Crippen molar-refractivity contribution in [3.8, 4) is 0 Å². The highest BCUT2D eigenvalue weighted by atomic mass is 16.6. The van der Waals surface area contributed by atoms with Crippen molar-refractivity contribution in [1.29, 1.82) is 0 Å². The fraction of sp³-hybridized carbons (Fsp3) is 0.571. The Morgan fingerprint density at radius 2 is 2.06 bits per heavy atom. The normalized spacial score (nSPS) is 12.7. The molecule has 0 amide bonds. The zero-order valence-corrected chi connectivity index (χ0v) is 11.6. The van der Waals surface area contributed by atoms with Gasteiger partial charge in [0.1, 0.15) is 0 Å². The lowest BCUT2D eigenvalue weighted by Gasteiger charge is -2.21. The number of rotatable bonds is 6. The van der Waals surface area contributed by atoms with Gasteiger partial charge < -0.3 is 5.32 Å². The average Bonchev–Trinajstić information content (AvgIpc) is 2.30. The van der Waals surface area contributed by atoms with Gasteiger partial charge in [-0.1, -0.05) is 32.9 Å². The summed E-state index contributed by atoms with van der Waals surface area (Å²) in [6.45, 7) is 9.07. The van der Waals surface area contributed by atoms with Gasteiger partial charge in [-0.3, -0.25) is 10.1 Å². The van der Waals surface area contributed by atoms with E-state index >= 15 is 0 Å². The minimum atomic E-state index is -0.286. The Morgan fingerprint density at radius 1 is 1.39 bits per heavy atom. The van der Waals surface area contributed by atoms with Crippen LogP contribution in [0.1, 0.15) is 31.9 Å². The molecule has 0 radical (unpaired) electrons. The fourth-order valence-corrected chi connectivity index (χ4v) is 2.06. The average molecular weight is 250 g/mol. The fourth-order valence-electron chi connectivity index (χ4n) is 2.06. The zero-order chi connectivity index (χ0) is 13.7. The highest BCUT2D eigenvalue weighted by Gasteiger charge is 2.19. The Kier molecular flexibility index (Phi) is 5.28. The van der Waals surface area contributed by atoms with E-state index in [-0.39, 0.29) is 16.7 Å². The molecule has 1 aromatic rings. The number of benzene rings is 1. The van der Waals surface area contributed by atoms with E-state index in [4.69, 9.17) is 0 Å². The second kappa shape index (κ2) is 6.50. The molecule has 0 spiro atoms. The first-order valence-electron chi connectivity index (χ1n) is 6.43. The van der Waals surface area contributed by atoms with E-state index in [9.17, 15) is 10.1 Å². The molecule has 0 aliphatic heterocycles. The Hall–Kier alpha value is -1.42. The first-order chi connectivity index (χ1) is 8.45. The quantitative estimate of drug-likeness (QED) is 0.623. The van der Waals surface area contributed by atoms with Gasteiger partial charge in [-0.15, -0.1) is 0 Å². The van der Waals surface area contributed by atoms with Gasteiger partial charge in [-0.05, 0) is 31.4 Å². The molecule has 0 fully saturated rings. The molecule has 0 saturated heterocycles. The summed E-state index contributed by atoms with van der Waals surface area (Å²) < 4.78 is 0. The van der Waals surface area contributed by atoms with Crippen LogP contribution in [-0.4, -0.2) is 17.5 Å². The van der Waals surface area contributed by atoms with E-state index in [1.165, 1.54) is 0 Å². The summed E-state index contributed by atoms with van der Waals surface area (Å²) in [4.78, 5) is 10.8. The van der Waals surface area contributed by atoms with E-state index in [0.29, 0.717) is 12.3 Å². The molecule has 4 heteroatoms. The SMILES string of the molecule is CCNC(Cc1ccc(C)cc1[N+](=O)[O-])C(C)C. The van der Waals surface area contributed by atoms with E-state index in [1.807, 2.05) is 19.1 Å². The van der Waals surface area contributed by atoms with Gasteiger partial charge in [-0.2, -0.15) is 0 Å². The predicted octanol–water partition coefficient (Wildman–Crippen LogP) is 3.08. The van der Waals surface area contributed by atoms with Crippen molar-refractivity contribution in [3.05, 3.63) is 39.4 Å². The Balaban J connectivity index is 2.98. The lowest BCUT2D eigenvalue weighted by Crippen LogP contribution is -2.35. The minimum absolute atomic E-state index is 0.235. The van der Waals surface area contributed by atoms with Crippen LogP contribution in [0, 0.1) is 23.0 Å². The van der Waals surface area contributed by atoms with Crippen LogP contribution < -0.4 is 5.32 Å². The molecule has 0 aliphatic rings. The van der Waals surface area contributed by atoms with Gasteiger partial charge in [-0.25, -0.2) is 0 Å². The smallest absolute Gasteiger partial charge is 0.272 e. The summed E-state index contributed by atoms with van der Waals surface area (Å²) in [5.41, 5.74) is 1.97. The van der Waals surface area contributed by atoms with Crippen LogP contribution >= 0.6 is 0 Å². The number of nitro benzene ring substituents is 1. The van der Waals surface area contributed by atoms with Crippen LogP contribution in [0.15, 0.2) is 18.2 Å². The first-order valence-corrected chi connectivity index (χ1v) is 6.43. The number of hydrogen-bond donors (Lipinski definition) is 1. The van der Waals surface area contributed by atoms with Crippen LogP contribution in [0.4, 0.5) is 5.69 Å². The summed E-state index contributed by atoms with van der Waals surface area (Å²) in [5, 5.41) is 14.5. The minimum Gasteiger partial charge on any atom is -0.314 e. The van der Waals surface area contributed by atoms with Crippen molar-refractivity contribution >= 4 is 5.69 Å². The van der Waals surface area contributed by atoms with Gasteiger partial charge in [0.25, 0.3) is 5.69 Å². The lowest BCUT2D eigenvalue weighted by atomic mass is 9.95. The number of aryl methyl sites for hydroxylation is 1. The topological polar surface area (TPSA) is 55.2 Å². The van der Waals surface area contributed by atoms with E-state index in [2.05, 4.69) is 26.1 Å². The summed E-state index contributed by atoms with van der Waals surface area (Å²) in [6.07, 6.45) is 0.697. The van der Waals surface area contributed by atoms with Crippen LogP contribution in [0.3, 0.4) is 0 Å².